The number of nitrogens with two attached hydrogens (primary N) is 1. The average Bonchev–Trinajstić information content (AvgIpc) is 3.89. The van der Waals surface area contributed by atoms with Crippen molar-refractivity contribution in [2.75, 3.05) is 83.8 Å². The minimum atomic E-state index is -0.666. The molecule has 1 atom stereocenters. The van der Waals surface area contributed by atoms with Crippen LogP contribution < -0.4 is 15.4 Å². The third-order valence-corrected chi connectivity index (χ3v) is 11.3. The highest BCUT2D eigenvalue weighted by Crippen LogP contribution is 2.40. The first-order valence-corrected chi connectivity index (χ1v) is 18.6. The molecule has 3 fully saturated rings. The second-order valence-electron chi connectivity index (χ2n) is 14.1. The van der Waals surface area contributed by atoms with Gasteiger partial charge in [0.05, 0.1) is 22.6 Å². The van der Waals surface area contributed by atoms with E-state index in [9.17, 15) is 4.79 Å². The van der Waals surface area contributed by atoms with Crippen molar-refractivity contribution in [2.45, 2.75) is 50.6 Å². The first-order chi connectivity index (χ1) is 25.2. The van der Waals surface area contributed by atoms with Crippen LogP contribution in [-0.2, 0) is 9.53 Å². The van der Waals surface area contributed by atoms with Gasteiger partial charge in [0, 0.05) is 64.0 Å². The van der Waals surface area contributed by atoms with Crippen molar-refractivity contribution < 1.29 is 18.7 Å². The zero-order chi connectivity index (χ0) is 36.4. The summed E-state index contributed by atoms with van der Waals surface area (Å²) in [4.78, 5) is 40.4. The van der Waals surface area contributed by atoms with E-state index in [1.54, 1.807) is 31.5 Å². The number of rotatable bonds is 13. The van der Waals surface area contributed by atoms with E-state index in [0.717, 1.165) is 63.7 Å². The van der Waals surface area contributed by atoms with Crippen LogP contribution in [0.3, 0.4) is 0 Å². The molecule has 0 saturated carbocycles. The monoisotopic (exact) mass is 731 g/mol. The maximum absolute atomic E-state index is 16.9. The van der Waals surface area contributed by atoms with Gasteiger partial charge in [0.15, 0.2) is 5.82 Å². The van der Waals surface area contributed by atoms with Gasteiger partial charge in [-0.15, -0.1) is 0 Å². The van der Waals surface area contributed by atoms with E-state index in [2.05, 4.69) is 31.7 Å². The Morgan fingerprint density at radius 3 is 2.75 bits per heavy atom. The van der Waals surface area contributed by atoms with E-state index < -0.39 is 5.82 Å². The quantitative estimate of drug-likeness (QED) is 0.183. The molecule has 1 unspecified atom stereocenters. The Morgan fingerprint density at radius 2 is 1.98 bits per heavy atom. The van der Waals surface area contributed by atoms with Crippen LogP contribution in [0, 0.1) is 5.82 Å². The van der Waals surface area contributed by atoms with E-state index in [1.807, 2.05) is 35.1 Å². The van der Waals surface area contributed by atoms with E-state index in [1.165, 1.54) is 0 Å². The van der Waals surface area contributed by atoms with E-state index in [-0.39, 0.29) is 46.2 Å². The summed E-state index contributed by atoms with van der Waals surface area (Å²) >= 11 is 6.62. The number of methoxy groups -OCH3 is 1. The van der Waals surface area contributed by atoms with Gasteiger partial charge >= 0.3 is 6.01 Å². The zero-order valence-corrected chi connectivity index (χ0v) is 30.9. The van der Waals surface area contributed by atoms with E-state index in [0.29, 0.717) is 54.5 Å². The molecule has 52 heavy (non-hydrogen) atoms. The molecule has 276 valence electrons. The standard InChI is InChI=1S/C38H47ClFN9O3/c1-4-47(19-20-51-3)15-6-11-30(50)48-18-12-26(23-48)46(2)36-27-22-42-35(34-31-25(21-29(41)43-34)9-5-10-28(31)39)32(40)33(27)44-37(45-36)52-24-38-13-7-16-49(38)17-8-14-38/h5-6,9-11,21-22,26H,4,7-8,12-20,23-24H2,1-3H3,(H2,41,43)/b11-6+. The van der Waals surface area contributed by atoms with Crippen LogP contribution in [0.4, 0.5) is 16.0 Å². The van der Waals surface area contributed by atoms with Crippen LogP contribution in [0.15, 0.2) is 42.6 Å². The molecular weight excluding hydrogens is 685 g/mol. The Kier molecular flexibility index (Phi) is 10.7. The number of likely N-dealkylation sites (tertiary alicyclic amines) is 1. The van der Waals surface area contributed by atoms with Crippen LogP contribution in [0.2, 0.25) is 5.02 Å². The average molecular weight is 732 g/mol. The number of nitrogen functional groups attached to an aromatic ring is 1. The third kappa shape index (κ3) is 7.11. The third-order valence-electron chi connectivity index (χ3n) is 11.0. The summed E-state index contributed by atoms with van der Waals surface area (Å²) in [5, 5.41) is 2.12. The van der Waals surface area contributed by atoms with Crippen LogP contribution in [0.25, 0.3) is 33.1 Å². The van der Waals surface area contributed by atoms with Gasteiger partial charge in [-0.05, 0) is 69.3 Å². The number of halogens is 2. The highest BCUT2D eigenvalue weighted by molar-refractivity contribution is 6.36. The smallest absolute Gasteiger partial charge is 0.319 e. The SMILES string of the molecule is CCN(C/C=C/C(=O)N1CCC(N(C)c2nc(OCC34CCCN3CCC4)nc3c(F)c(-c4nc(N)cc5cccc(Cl)c45)ncc23)C1)CCOC. The number of amides is 1. The fraction of sp³-hybridized carbons (Fsp3) is 0.500. The van der Waals surface area contributed by atoms with Gasteiger partial charge in [-0.3, -0.25) is 19.6 Å². The number of carbonyl (C=O) groups is 1. The van der Waals surface area contributed by atoms with Crippen molar-refractivity contribution in [1.29, 1.82) is 0 Å². The number of hydrogen-bond donors (Lipinski definition) is 1. The molecule has 14 heteroatoms. The van der Waals surface area contributed by atoms with Gasteiger partial charge in [-0.1, -0.05) is 36.7 Å². The number of aromatic nitrogens is 4. The molecule has 3 saturated heterocycles. The van der Waals surface area contributed by atoms with Crippen LogP contribution in [0.5, 0.6) is 6.01 Å². The minimum Gasteiger partial charge on any atom is -0.461 e. The van der Waals surface area contributed by atoms with Crippen molar-refractivity contribution in [1.82, 2.24) is 34.6 Å². The fourth-order valence-corrected chi connectivity index (χ4v) is 8.35. The highest BCUT2D eigenvalue weighted by Gasteiger charge is 2.45. The number of likely N-dealkylation sites (N-methyl/N-ethyl adjacent to an activating group) is 2. The minimum absolute atomic E-state index is 0.0132. The predicted molar refractivity (Wildman–Crippen MR) is 202 cm³/mol. The molecule has 1 amide bonds. The maximum atomic E-state index is 16.9. The summed E-state index contributed by atoms with van der Waals surface area (Å²) in [6.45, 7) is 8.70. The lowest BCUT2D eigenvalue weighted by Gasteiger charge is -2.31. The number of benzene rings is 1. The summed E-state index contributed by atoms with van der Waals surface area (Å²) in [6, 6.07) is 7.13. The Morgan fingerprint density at radius 1 is 1.17 bits per heavy atom. The number of carbonyl (C=O) groups excluding carboxylic acids is 1. The molecule has 0 bridgehead atoms. The second-order valence-corrected chi connectivity index (χ2v) is 14.5. The van der Waals surface area contributed by atoms with Crippen molar-refractivity contribution >= 4 is 50.8 Å². The lowest BCUT2D eigenvalue weighted by Crippen LogP contribution is -2.43. The molecule has 3 aliphatic heterocycles. The Labute approximate surface area is 308 Å². The van der Waals surface area contributed by atoms with Crippen molar-refractivity contribution in [2.24, 2.45) is 0 Å². The van der Waals surface area contributed by atoms with E-state index in [4.69, 9.17) is 31.8 Å². The number of anilines is 2. The molecular formula is C38H47ClFN9O3. The molecule has 12 nitrogen and oxygen atoms in total. The summed E-state index contributed by atoms with van der Waals surface area (Å²) in [7, 11) is 3.61. The van der Waals surface area contributed by atoms with Crippen LogP contribution in [0.1, 0.15) is 39.0 Å². The number of fused-ring (bicyclic) bond motifs is 3. The normalized spacial score (nSPS) is 18.7. The fourth-order valence-electron chi connectivity index (χ4n) is 8.08. The molecule has 6 heterocycles. The molecule has 0 radical (unpaired) electrons. The Bertz CT molecular complexity index is 1970. The van der Waals surface area contributed by atoms with Crippen LogP contribution >= 0.6 is 11.6 Å². The molecule has 1 aromatic carbocycles. The maximum Gasteiger partial charge on any atom is 0.319 e. The predicted octanol–water partition coefficient (Wildman–Crippen LogP) is 5.18. The lowest BCUT2D eigenvalue weighted by molar-refractivity contribution is -0.125. The van der Waals surface area contributed by atoms with Crippen molar-refractivity contribution in [3.05, 3.63) is 53.5 Å². The highest BCUT2D eigenvalue weighted by atomic mass is 35.5. The Hall–Kier alpha value is -4.17. The molecule has 4 aromatic rings. The van der Waals surface area contributed by atoms with Gasteiger partial charge < -0.3 is 25.0 Å². The number of hydrogen-bond acceptors (Lipinski definition) is 11. The van der Waals surface area contributed by atoms with Crippen molar-refractivity contribution in [3.63, 3.8) is 0 Å². The first kappa shape index (κ1) is 36.2. The molecule has 7 rings (SSSR count). The van der Waals surface area contributed by atoms with Crippen molar-refractivity contribution in [3.8, 4) is 17.4 Å². The second kappa shape index (κ2) is 15.4. The van der Waals surface area contributed by atoms with Gasteiger partial charge in [0.2, 0.25) is 5.91 Å². The molecule has 2 N–H and O–H groups in total. The topological polar surface area (TPSA) is 126 Å². The van der Waals surface area contributed by atoms with Gasteiger partial charge in [-0.25, -0.2) is 9.37 Å². The summed E-state index contributed by atoms with van der Waals surface area (Å²) < 4.78 is 28.5. The summed E-state index contributed by atoms with van der Waals surface area (Å²) in [6.07, 6.45) is 10.2. The molecule has 0 aliphatic carbocycles. The number of nitrogens with zero attached hydrogens (tertiary/aromatic N) is 8. The molecule has 3 aliphatic rings. The lowest BCUT2D eigenvalue weighted by atomic mass is 9.95. The molecule has 3 aromatic heterocycles. The summed E-state index contributed by atoms with van der Waals surface area (Å²) in [5.41, 5.74) is 6.41. The zero-order valence-electron chi connectivity index (χ0n) is 30.2. The first-order valence-electron chi connectivity index (χ1n) is 18.2. The van der Waals surface area contributed by atoms with E-state index >= 15 is 4.39 Å². The Balaban J connectivity index is 1.20. The summed E-state index contributed by atoms with van der Waals surface area (Å²) in [5.74, 6) is 0.00421. The molecule has 0 spiro atoms. The van der Waals surface area contributed by atoms with Gasteiger partial charge in [-0.2, -0.15) is 9.97 Å². The largest absolute Gasteiger partial charge is 0.461 e. The van der Waals surface area contributed by atoms with Crippen LogP contribution in [-0.4, -0.2) is 125 Å². The van der Waals surface area contributed by atoms with Gasteiger partial charge in [0.25, 0.3) is 0 Å². The number of pyridine rings is 2. The number of ether oxygens (including phenoxy) is 2. The van der Waals surface area contributed by atoms with Gasteiger partial charge in [0.1, 0.15) is 35.1 Å².